The third kappa shape index (κ3) is 5.83. The van der Waals surface area contributed by atoms with Crippen LogP contribution in [-0.4, -0.2) is 23.9 Å². The van der Waals surface area contributed by atoms with Gasteiger partial charge in [0.15, 0.2) is 0 Å². The first kappa shape index (κ1) is 23.2. The predicted molar refractivity (Wildman–Crippen MR) is 141 cm³/mol. The molecule has 0 atom stereocenters. The van der Waals surface area contributed by atoms with Crippen molar-refractivity contribution in [2.24, 2.45) is 0 Å². The van der Waals surface area contributed by atoms with Crippen LogP contribution < -0.4 is 9.47 Å². The second kappa shape index (κ2) is 10.7. The monoisotopic (exact) mass is 454 g/mol. The van der Waals surface area contributed by atoms with Crippen molar-refractivity contribution in [2.75, 3.05) is 14.2 Å². The van der Waals surface area contributed by atoms with Crippen molar-refractivity contribution >= 4 is 34.2 Å². The molecule has 0 amide bonds. The molecule has 4 heteroatoms. The van der Waals surface area contributed by atoms with E-state index in [0.29, 0.717) is 9.73 Å². The van der Waals surface area contributed by atoms with E-state index < -0.39 is 0 Å². The molecule has 0 N–H and O–H groups in total. The first-order valence-electron chi connectivity index (χ1n) is 9.93. The first-order chi connectivity index (χ1) is 15.4. The molecule has 0 saturated heterocycles. The van der Waals surface area contributed by atoms with Gasteiger partial charge in [0, 0.05) is 22.3 Å². The summed E-state index contributed by atoms with van der Waals surface area (Å²) in [6.07, 6.45) is 0. The number of rotatable bonds is 4. The lowest BCUT2D eigenvalue weighted by Gasteiger charge is -2.15. The lowest BCUT2D eigenvalue weighted by Crippen LogP contribution is -1.94. The summed E-state index contributed by atoms with van der Waals surface area (Å²) in [5.41, 5.74) is 5.73. The van der Waals surface area contributed by atoms with Crippen molar-refractivity contribution in [3.63, 3.8) is 0 Å². The van der Waals surface area contributed by atoms with Gasteiger partial charge in [-0.1, -0.05) is 72.4 Å². The Kier molecular flexibility index (Phi) is 7.79. The molecule has 0 saturated carbocycles. The van der Waals surface area contributed by atoms with E-state index in [1.165, 1.54) is 0 Å². The van der Waals surface area contributed by atoms with E-state index in [4.69, 9.17) is 33.9 Å². The summed E-state index contributed by atoms with van der Waals surface area (Å²) in [6, 6.07) is 20.0. The van der Waals surface area contributed by atoms with Gasteiger partial charge in [-0.25, -0.2) is 0 Å². The number of hydrogen-bond acceptors (Lipinski definition) is 4. The molecule has 0 unspecified atom stereocenters. The smallest absolute Gasteiger partial charge is 0.127 e. The molecule has 0 aromatic heterocycles. The summed E-state index contributed by atoms with van der Waals surface area (Å²) >= 11 is 10.0. The first-order valence-corrected chi connectivity index (χ1v) is 10.7. The lowest BCUT2D eigenvalue weighted by molar-refractivity contribution is 0.406. The largest absolute Gasteiger partial charge is 0.496 e. The van der Waals surface area contributed by atoms with Crippen LogP contribution in [0, 0.1) is 23.7 Å². The van der Waals surface area contributed by atoms with Crippen LogP contribution in [0.25, 0.3) is 22.3 Å². The Balaban J connectivity index is 2.00. The predicted octanol–water partition coefficient (Wildman–Crippen LogP) is 6.52. The van der Waals surface area contributed by atoms with Gasteiger partial charge in [-0.3, -0.25) is 0 Å². The number of hydrogen-bond donors (Lipinski definition) is 0. The number of thiocarbonyl (C=S) groups is 2. The van der Waals surface area contributed by atoms with E-state index >= 15 is 0 Å². The minimum atomic E-state index is 0.671. The summed E-state index contributed by atoms with van der Waals surface area (Å²) in [7, 11) is 3.34. The third-order valence-electron chi connectivity index (χ3n) is 4.68. The third-order valence-corrected chi connectivity index (χ3v) is 4.88. The van der Waals surface area contributed by atoms with Crippen LogP contribution in [0.15, 0.2) is 60.7 Å². The van der Waals surface area contributed by atoms with Gasteiger partial charge in [-0.2, -0.15) is 0 Å². The fourth-order valence-electron chi connectivity index (χ4n) is 3.14. The molecule has 3 aromatic carbocycles. The highest BCUT2D eigenvalue weighted by Crippen LogP contribution is 2.40. The number of methoxy groups -OCH3 is 2. The van der Waals surface area contributed by atoms with E-state index in [-0.39, 0.29) is 0 Å². The Morgan fingerprint density at radius 3 is 1.25 bits per heavy atom. The van der Waals surface area contributed by atoms with Gasteiger partial charge < -0.3 is 9.47 Å². The second-order valence-corrected chi connectivity index (χ2v) is 8.24. The van der Waals surface area contributed by atoms with Gasteiger partial charge in [0.25, 0.3) is 0 Å². The quantitative estimate of drug-likeness (QED) is 0.330. The normalized spacial score (nSPS) is 9.62. The zero-order chi connectivity index (χ0) is 23.1. The molecule has 0 fully saturated rings. The Morgan fingerprint density at radius 1 is 0.625 bits per heavy atom. The van der Waals surface area contributed by atoms with Crippen molar-refractivity contribution in [1.29, 1.82) is 0 Å². The average Bonchev–Trinajstić information content (AvgIpc) is 2.81. The lowest BCUT2D eigenvalue weighted by atomic mass is 9.96. The molecule has 0 spiro atoms. The van der Waals surface area contributed by atoms with Gasteiger partial charge in [0.05, 0.1) is 23.9 Å². The van der Waals surface area contributed by atoms with Crippen LogP contribution >= 0.6 is 24.4 Å². The van der Waals surface area contributed by atoms with E-state index in [0.717, 1.165) is 44.9 Å². The van der Waals surface area contributed by atoms with Crippen LogP contribution in [0.5, 0.6) is 11.5 Å². The van der Waals surface area contributed by atoms with Crippen molar-refractivity contribution in [1.82, 2.24) is 0 Å². The number of benzene rings is 3. The van der Waals surface area contributed by atoms with Gasteiger partial charge in [-0.15, -0.1) is 0 Å². The molecule has 2 nitrogen and oxygen atoms in total. The van der Waals surface area contributed by atoms with Crippen molar-refractivity contribution in [2.45, 2.75) is 13.8 Å². The minimum absolute atomic E-state index is 0.671. The fourth-order valence-corrected chi connectivity index (χ4v) is 3.24. The topological polar surface area (TPSA) is 18.5 Å². The molecular weight excluding hydrogens is 432 g/mol. The Bertz CT molecular complexity index is 1180. The van der Waals surface area contributed by atoms with Gasteiger partial charge in [0.1, 0.15) is 11.5 Å². The maximum absolute atomic E-state index is 5.72. The van der Waals surface area contributed by atoms with Crippen molar-refractivity contribution in [3.05, 3.63) is 71.8 Å². The van der Waals surface area contributed by atoms with E-state index in [1.54, 1.807) is 14.2 Å². The average molecular weight is 455 g/mol. The van der Waals surface area contributed by atoms with Crippen molar-refractivity contribution < 1.29 is 9.47 Å². The molecule has 0 aliphatic rings. The molecule has 0 aliphatic carbocycles. The maximum atomic E-state index is 5.72. The molecule has 0 heterocycles. The summed E-state index contributed by atoms with van der Waals surface area (Å²) < 4.78 is 11.4. The standard InChI is InChI=1S/C28H22O2S2/c1-19(31)5-7-21-9-13-23(14-10-21)25-17-28(30-4)26(18-27(25)29-3)24-15-11-22(12-16-24)8-6-20(2)32/h9-18H,1-4H3. The van der Waals surface area contributed by atoms with Crippen LogP contribution in [-0.2, 0) is 0 Å². The summed E-state index contributed by atoms with van der Waals surface area (Å²) in [4.78, 5) is 1.34. The van der Waals surface area contributed by atoms with Gasteiger partial charge in [0.2, 0.25) is 0 Å². The molecule has 158 valence electrons. The summed E-state index contributed by atoms with van der Waals surface area (Å²) in [5, 5.41) is 0. The molecular formula is C28H22O2S2. The number of ether oxygens (including phenoxy) is 2. The van der Waals surface area contributed by atoms with E-state index in [2.05, 4.69) is 23.7 Å². The summed E-state index contributed by atoms with van der Waals surface area (Å²) in [5.74, 6) is 13.5. The minimum Gasteiger partial charge on any atom is -0.496 e. The van der Waals surface area contributed by atoms with Crippen LogP contribution in [0.1, 0.15) is 25.0 Å². The van der Waals surface area contributed by atoms with Crippen LogP contribution in [0.4, 0.5) is 0 Å². The maximum Gasteiger partial charge on any atom is 0.127 e. The van der Waals surface area contributed by atoms with Crippen LogP contribution in [0.2, 0.25) is 0 Å². The molecule has 0 aliphatic heterocycles. The highest BCUT2D eigenvalue weighted by molar-refractivity contribution is 7.81. The zero-order valence-corrected chi connectivity index (χ0v) is 20.0. The second-order valence-electron chi connectivity index (χ2n) is 7.02. The van der Waals surface area contributed by atoms with Gasteiger partial charge >= 0.3 is 0 Å². The molecule has 0 radical (unpaired) electrons. The molecule has 32 heavy (non-hydrogen) atoms. The Morgan fingerprint density at radius 2 is 0.969 bits per heavy atom. The molecule has 3 aromatic rings. The van der Waals surface area contributed by atoms with E-state index in [1.807, 2.05) is 74.5 Å². The fraction of sp³-hybridized carbons (Fsp3) is 0.143. The van der Waals surface area contributed by atoms with Crippen molar-refractivity contribution in [3.8, 4) is 57.4 Å². The molecule has 3 rings (SSSR count). The van der Waals surface area contributed by atoms with E-state index in [9.17, 15) is 0 Å². The molecule has 0 bridgehead atoms. The SMILES string of the molecule is COc1cc(-c2ccc(C#CC(C)=S)cc2)c(OC)cc1-c1ccc(C#CC(C)=S)cc1. The highest BCUT2D eigenvalue weighted by Gasteiger charge is 2.14. The van der Waals surface area contributed by atoms with Crippen LogP contribution in [0.3, 0.4) is 0 Å². The van der Waals surface area contributed by atoms with Gasteiger partial charge in [-0.05, 0) is 61.4 Å². The Labute approximate surface area is 200 Å². The highest BCUT2D eigenvalue weighted by atomic mass is 32.1. The Hall–Kier alpha value is -3.44. The zero-order valence-electron chi connectivity index (χ0n) is 18.4. The summed E-state index contributed by atoms with van der Waals surface area (Å²) in [6.45, 7) is 3.63.